The van der Waals surface area contributed by atoms with E-state index in [9.17, 15) is 19.2 Å². The van der Waals surface area contributed by atoms with E-state index in [1.165, 1.54) is 0 Å². The summed E-state index contributed by atoms with van der Waals surface area (Å²) in [6.45, 7) is 5.41. The second-order valence-corrected chi connectivity index (χ2v) is 12.9. The lowest BCUT2D eigenvalue weighted by atomic mass is 9.90. The van der Waals surface area contributed by atoms with Crippen molar-refractivity contribution in [2.75, 3.05) is 39.8 Å². The second kappa shape index (κ2) is 14.7. The molecule has 0 fully saturated rings. The summed E-state index contributed by atoms with van der Waals surface area (Å²) >= 11 is 0. The number of aryl methyl sites for hydroxylation is 1. The molecule has 4 amide bonds. The lowest BCUT2D eigenvalue weighted by molar-refractivity contribution is -0.141. The lowest BCUT2D eigenvalue weighted by Crippen LogP contribution is -2.47. The third kappa shape index (κ3) is 7.49. The zero-order valence-electron chi connectivity index (χ0n) is 27.4. The van der Waals surface area contributed by atoms with E-state index in [0.717, 1.165) is 28.8 Å². The normalized spacial score (nSPS) is 18.6. The molecule has 1 N–H and O–H groups in total. The van der Waals surface area contributed by atoms with E-state index >= 15 is 0 Å². The maximum atomic E-state index is 14.4. The number of fused-ring (bicyclic) bond motifs is 1. The molecule has 1 aliphatic carbocycles. The molecule has 1 unspecified atom stereocenters. The highest BCUT2D eigenvalue weighted by Gasteiger charge is 2.33. The molecule has 1 aliphatic heterocycles. The van der Waals surface area contributed by atoms with Crippen LogP contribution in [0.5, 0.6) is 0 Å². The summed E-state index contributed by atoms with van der Waals surface area (Å²) in [7, 11) is 3.64. The van der Waals surface area contributed by atoms with Crippen LogP contribution in [0.3, 0.4) is 0 Å². The van der Waals surface area contributed by atoms with E-state index in [2.05, 4.69) is 10.4 Å². The maximum absolute atomic E-state index is 14.4. The Balaban J connectivity index is 1.46. The van der Waals surface area contributed by atoms with Crippen LogP contribution in [-0.2, 0) is 34.3 Å². The third-order valence-electron chi connectivity index (χ3n) is 9.16. The van der Waals surface area contributed by atoms with Gasteiger partial charge in [-0.05, 0) is 42.7 Å². The van der Waals surface area contributed by atoms with E-state index in [-0.39, 0.29) is 61.6 Å². The van der Waals surface area contributed by atoms with E-state index in [1.54, 1.807) is 26.4 Å². The summed E-state index contributed by atoms with van der Waals surface area (Å²) in [5.41, 5.74) is 3.98. The van der Waals surface area contributed by atoms with Gasteiger partial charge in [0, 0.05) is 64.0 Å². The molecule has 2 heterocycles. The molecule has 10 nitrogen and oxygen atoms in total. The number of carbonyl (C=O) groups excluding carboxylic acids is 4. The predicted molar refractivity (Wildman–Crippen MR) is 176 cm³/mol. The van der Waals surface area contributed by atoms with Gasteiger partial charge in [-0.1, -0.05) is 74.5 Å². The first kappa shape index (κ1) is 32.9. The molecule has 0 spiro atoms. The van der Waals surface area contributed by atoms with E-state index < -0.39 is 5.92 Å². The number of amides is 4. The second-order valence-electron chi connectivity index (χ2n) is 12.9. The first-order valence-corrected chi connectivity index (χ1v) is 16.4. The maximum Gasteiger partial charge on any atom is 0.272 e. The summed E-state index contributed by atoms with van der Waals surface area (Å²) < 4.78 is 1.77. The number of hydrogen-bond donors (Lipinski definition) is 1. The van der Waals surface area contributed by atoms with Crippen molar-refractivity contribution in [3.63, 3.8) is 0 Å². The Labute approximate surface area is 271 Å². The molecule has 2 bridgehead atoms. The molecule has 3 aromatic rings. The van der Waals surface area contributed by atoms with E-state index in [1.807, 2.05) is 81.6 Å². The molecular weight excluding hydrogens is 580 g/mol. The highest BCUT2D eigenvalue weighted by molar-refractivity contribution is 5.94. The van der Waals surface area contributed by atoms with Gasteiger partial charge >= 0.3 is 0 Å². The van der Waals surface area contributed by atoms with Crippen molar-refractivity contribution < 1.29 is 19.2 Å². The molecule has 0 saturated heterocycles. The van der Waals surface area contributed by atoms with Crippen molar-refractivity contribution in [2.45, 2.75) is 57.9 Å². The fourth-order valence-electron chi connectivity index (χ4n) is 6.71. The van der Waals surface area contributed by atoms with E-state index in [4.69, 9.17) is 0 Å². The number of hydrogen-bond acceptors (Lipinski definition) is 5. The molecule has 0 saturated carbocycles. The summed E-state index contributed by atoms with van der Waals surface area (Å²) in [5, 5.41) is 7.59. The number of nitrogens with zero attached hydrogens (tertiary/aromatic N) is 5. The SMILES string of the molecule is CC(C)CN1CC(=O)N(C)C2CCc3c(c(nn3C)C(=O)NCCN(C(=O)C(c3ccccc3)c3ccccc3)CCCC1=O)C2. The largest absolute Gasteiger partial charge is 0.349 e. The zero-order valence-corrected chi connectivity index (χ0v) is 27.4. The molecule has 1 aromatic heterocycles. The van der Waals surface area contributed by atoms with Gasteiger partial charge in [0.25, 0.3) is 5.91 Å². The van der Waals surface area contributed by atoms with Gasteiger partial charge in [-0.2, -0.15) is 5.10 Å². The van der Waals surface area contributed by atoms with Crippen LogP contribution in [0.1, 0.15) is 71.9 Å². The summed E-state index contributed by atoms with van der Waals surface area (Å²) in [6.07, 6.45) is 2.63. The van der Waals surface area contributed by atoms with Crippen LogP contribution in [0, 0.1) is 5.92 Å². The molecule has 5 rings (SSSR count). The number of carbonyl (C=O) groups is 4. The molecule has 10 heteroatoms. The number of nitrogens with one attached hydrogen (secondary N) is 1. The Morgan fingerprint density at radius 3 is 2.20 bits per heavy atom. The van der Waals surface area contributed by atoms with Crippen molar-refractivity contribution in [1.29, 1.82) is 0 Å². The van der Waals surface area contributed by atoms with Gasteiger partial charge in [-0.15, -0.1) is 0 Å². The van der Waals surface area contributed by atoms with Crippen LogP contribution in [0.25, 0.3) is 0 Å². The molecule has 0 radical (unpaired) electrons. The van der Waals surface area contributed by atoms with E-state index in [0.29, 0.717) is 38.0 Å². The Bertz CT molecular complexity index is 1500. The first-order chi connectivity index (χ1) is 22.1. The number of rotatable bonds is 5. The Morgan fingerprint density at radius 2 is 1.57 bits per heavy atom. The van der Waals surface area contributed by atoms with Gasteiger partial charge in [0.15, 0.2) is 5.69 Å². The van der Waals surface area contributed by atoms with Crippen molar-refractivity contribution in [1.82, 2.24) is 29.8 Å². The minimum Gasteiger partial charge on any atom is -0.349 e. The smallest absolute Gasteiger partial charge is 0.272 e. The van der Waals surface area contributed by atoms with Gasteiger partial charge in [0.1, 0.15) is 0 Å². The Morgan fingerprint density at radius 1 is 0.913 bits per heavy atom. The number of likely N-dealkylation sites (N-methyl/N-ethyl adjacent to an activating group) is 1. The van der Waals surface area contributed by atoms with Gasteiger partial charge in [-0.3, -0.25) is 23.9 Å². The van der Waals surface area contributed by atoms with Crippen LogP contribution in [0.4, 0.5) is 0 Å². The van der Waals surface area contributed by atoms with Gasteiger partial charge in [0.2, 0.25) is 17.7 Å². The Hall–Kier alpha value is -4.47. The summed E-state index contributed by atoms with van der Waals surface area (Å²) in [5.74, 6) is -0.932. The number of benzene rings is 2. The fourth-order valence-corrected chi connectivity index (χ4v) is 6.71. The standard InChI is InChI=1S/C36H46N6O4/c1-25(2)23-42-24-32(44)39(3)28-17-18-30-29(22-28)34(38-40(30)4)35(45)37-19-21-41(20-11-16-31(42)43)36(46)33(26-12-7-5-8-13-26)27-14-9-6-10-15-27/h5-10,12-15,25,28,33H,11,16-24H2,1-4H3,(H,37,45). The monoisotopic (exact) mass is 626 g/mol. The first-order valence-electron chi connectivity index (χ1n) is 16.4. The lowest BCUT2D eigenvalue weighted by Gasteiger charge is -2.34. The highest BCUT2D eigenvalue weighted by Crippen LogP contribution is 2.29. The zero-order chi connectivity index (χ0) is 32.8. The highest BCUT2D eigenvalue weighted by atomic mass is 16.2. The Kier molecular flexibility index (Phi) is 10.6. The van der Waals surface area contributed by atoms with Crippen molar-refractivity contribution >= 4 is 23.6 Å². The third-order valence-corrected chi connectivity index (χ3v) is 9.16. The molecule has 244 valence electrons. The van der Waals surface area contributed by atoms with Gasteiger partial charge in [-0.25, -0.2) is 0 Å². The quantitative estimate of drug-likeness (QED) is 0.467. The topological polar surface area (TPSA) is 108 Å². The van der Waals surface area contributed by atoms with Gasteiger partial charge in [0.05, 0.1) is 12.5 Å². The van der Waals surface area contributed by atoms with Crippen molar-refractivity contribution in [3.05, 3.63) is 88.7 Å². The molecule has 46 heavy (non-hydrogen) atoms. The van der Waals surface area contributed by atoms with Crippen LogP contribution in [-0.4, -0.2) is 93.9 Å². The van der Waals surface area contributed by atoms with Crippen LogP contribution in [0.15, 0.2) is 60.7 Å². The average Bonchev–Trinajstić information content (AvgIpc) is 3.39. The minimum atomic E-state index is -0.534. The van der Waals surface area contributed by atoms with Gasteiger partial charge < -0.3 is 20.0 Å². The van der Waals surface area contributed by atoms with Crippen molar-refractivity contribution in [2.24, 2.45) is 13.0 Å². The summed E-state index contributed by atoms with van der Waals surface area (Å²) in [4.78, 5) is 60.1. The number of aromatic nitrogens is 2. The fraction of sp³-hybridized carbons (Fsp3) is 0.472. The average molecular weight is 627 g/mol. The van der Waals surface area contributed by atoms with Crippen LogP contribution < -0.4 is 5.32 Å². The predicted octanol–water partition coefficient (Wildman–Crippen LogP) is 3.40. The van der Waals surface area contributed by atoms with Crippen LogP contribution >= 0.6 is 0 Å². The molecule has 2 aliphatic rings. The molecule has 2 aromatic carbocycles. The van der Waals surface area contributed by atoms with Crippen LogP contribution in [0.2, 0.25) is 0 Å². The summed E-state index contributed by atoms with van der Waals surface area (Å²) in [6, 6.07) is 19.3. The molecular formula is C36H46N6O4. The minimum absolute atomic E-state index is 0.00396. The van der Waals surface area contributed by atoms with Crippen molar-refractivity contribution in [3.8, 4) is 0 Å². The molecule has 1 atom stereocenters.